The molecule has 1 N–H and O–H groups in total. The Bertz CT molecular complexity index is 694. The van der Waals surface area contributed by atoms with Gasteiger partial charge in [0.1, 0.15) is 17.5 Å². The van der Waals surface area contributed by atoms with Gasteiger partial charge in [0.25, 0.3) is 5.91 Å². The fraction of sp³-hybridized carbons (Fsp3) is 0. The molecular weight excluding hydrogens is 450 g/mol. The Balaban J connectivity index is 2.30. The molecule has 0 aliphatic carbocycles. The first-order valence-corrected chi connectivity index (χ1v) is 7.16. The van der Waals surface area contributed by atoms with Crippen molar-refractivity contribution in [1.29, 1.82) is 0 Å². The summed E-state index contributed by atoms with van der Waals surface area (Å²) in [7, 11) is 0. The third kappa shape index (κ3) is 3.32. The molecule has 0 aliphatic heterocycles. The fourth-order valence-corrected chi connectivity index (χ4v) is 2.52. The second kappa shape index (κ2) is 6.13. The summed E-state index contributed by atoms with van der Waals surface area (Å²) in [6.45, 7) is 0. The lowest BCUT2D eigenvalue weighted by atomic mass is 10.2. The minimum Gasteiger partial charge on any atom is -0.319 e. The minimum absolute atomic E-state index is 0.0376. The molecule has 0 aliphatic rings. The van der Waals surface area contributed by atoms with Gasteiger partial charge in [0.05, 0.1) is 15.7 Å². The normalized spacial score (nSPS) is 10.4. The predicted molar refractivity (Wildman–Crippen MR) is 81.1 cm³/mol. The topological polar surface area (TPSA) is 29.1 Å². The van der Waals surface area contributed by atoms with Gasteiger partial charge in [-0.25, -0.2) is 13.2 Å². The predicted octanol–water partition coefficient (Wildman–Crippen LogP) is 4.72. The molecular formula is C13H6BrF3INO. The van der Waals surface area contributed by atoms with E-state index in [4.69, 9.17) is 0 Å². The summed E-state index contributed by atoms with van der Waals surface area (Å²) < 4.78 is 40.2. The maximum atomic E-state index is 13.6. The molecule has 2 nitrogen and oxygen atoms in total. The van der Waals surface area contributed by atoms with E-state index in [0.29, 0.717) is 3.57 Å². The molecule has 104 valence electrons. The highest BCUT2D eigenvalue weighted by molar-refractivity contribution is 14.1. The van der Waals surface area contributed by atoms with Crippen LogP contribution < -0.4 is 5.32 Å². The molecule has 0 heterocycles. The number of carbonyl (C=O) groups is 1. The number of hydrogen-bond acceptors (Lipinski definition) is 1. The number of hydrogen-bond donors (Lipinski definition) is 1. The summed E-state index contributed by atoms with van der Waals surface area (Å²) in [5, 5.41) is 2.25. The molecule has 0 saturated carbocycles. The standard InChI is InChI=1S/C13H6BrF3INO/c14-8-4-10(17)12(5-9(8)16)19-13(20)7-2-1-6(15)3-11(7)18/h1-5H,(H,19,20). The zero-order chi connectivity index (χ0) is 14.9. The van der Waals surface area contributed by atoms with E-state index in [0.717, 1.165) is 18.2 Å². The Morgan fingerprint density at radius 3 is 2.45 bits per heavy atom. The van der Waals surface area contributed by atoms with Gasteiger partial charge < -0.3 is 5.32 Å². The van der Waals surface area contributed by atoms with Crippen molar-refractivity contribution in [2.75, 3.05) is 5.32 Å². The fourth-order valence-electron chi connectivity index (χ4n) is 1.48. The third-order valence-corrected chi connectivity index (χ3v) is 3.93. The summed E-state index contributed by atoms with van der Waals surface area (Å²) in [5.74, 6) is -2.60. The van der Waals surface area contributed by atoms with Crippen LogP contribution in [0.15, 0.2) is 34.8 Å². The Labute approximate surface area is 134 Å². The highest BCUT2D eigenvalue weighted by atomic mass is 127. The first-order chi connectivity index (χ1) is 9.38. The first-order valence-electron chi connectivity index (χ1n) is 5.29. The second-order valence-corrected chi connectivity index (χ2v) is 5.84. The zero-order valence-electron chi connectivity index (χ0n) is 9.68. The van der Waals surface area contributed by atoms with Gasteiger partial charge in [-0.1, -0.05) is 0 Å². The number of benzene rings is 2. The number of amides is 1. The van der Waals surface area contributed by atoms with E-state index in [1.54, 1.807) is 22.6 Å². The summed E-state index contributed by atoms with van der Waals surface area (Å²) in [5.41, 5.74) is -0.106. The van der Waals surface area contributed by atoms with E-state index in [9.17, 15) is 18.0 Å². The number of halogens is 5. The van der Waals surface area contributed by atoms with Gasteiger partial charge in [-0.05, 0) is 62.8 Å². The van der Waals surface area contributed by atoms with Crippen LogP contribution in [-0.4, -0.2) is 5.91 Å². The van der Waals surface area contributed by atoms with E-state index < -0.39 is 23.4 Å². The monoisotopic (exact) mass is 455 g/mol. The van der Waals surface area contributed by atoms with Crippen LogP contribution in [0.4, 0.5) is 18.9 Å². The molecule has 1 amide bonds. The molecule has 0 radical (unpaired) electrons. The Kier molecular flexibility index (Phi) is 4.69. The van der Waals surface area contributed by atoms with Crippen LogP contribution in [0, 0.1) is 21.0 Å². The van der Waals surface area contributed by atoms with Crippen LogP contribution >= 0.6 is 38.5 Å². The minimum atomic E-state index is -0.774. The molecule has 7 heteroatoms. The van der Waals surface area contributed by atoms with E-state index in [1.807, 2.05) is 0 Å². The van der Waals surface area contributed by atoms with E-state index in [2.05, 4.69) is 21.2 Å². The molecule has 0 aromatic heterocycles. The molecule has 2 aromatic rings. The van der Waals surface area contributed by atoms with Gasteiger partial charge in [-0.2, -0.15) is 0 Å². The van der Waals surface area contributed by atoms with Crippen LogP contribution in [0.2, 0.25) is 0 Å². The van der Waals surface area contributed by atoms with Gasteiger partial charge in [0.2, 0.25) is 0 Å². The molecule has 0 unspecified atom stereocenters. The van der Waals surface area contributed by atoms with Gasteiger partial charge in [-0.15, -0.1) is 0 Å². The van der Waals surface area contributed by atoms with Crippen molar-refractivity contribution >= 4 is 50.1 Å². The van der Waals surface area contributed by atoms with Gasteiger partial charge in [0, 0.05) is 9.64 Å². The van der Waals surface area contributed by atoms with Crippen molar-refractivity contribution in [3.63, 3.8) is 0 Å². The molecule has 0 atom stereocenters. The molecule has 0 saturated heterocycles. The third-order valence-electron chi connectivity index (χ3n) is 2.43. The van der Waals surface area contributed by atoms with E-state index in [-0.39, 0.29) is 15.7 Å². The maximum absolute atomic E-state index is 13.6. The van der Waals surface area contributed by atoms with Crippen LogP contribution in [0.3, 0.4) is 0 Å². The summed E-state index contributed by atoms with van der Waals surface area (Å²) >= 11 is 4.63. The lowest BCUT2D eigenvalue weighted by Crippen LogP contribution is -2.15. The summed E-state index contributed by atoms with van der Waals surface area (Å²) in [4.78, 5) is 12.0. The Morgan fingerprint density at radius 1 is 1.10 bits per heavy atom. The van der Waals surface area contributed by atoms with Crippen LogP contribution in [0.25, 0.3) is 0 Å². The lowest BCUT2D eigenvalue weighted by Gasteiger charge is -2.09. The molecule has 20 heavy (non-hydrogen) atoms. The lowest BCUT2D eigenvalue weighted by molar-refractivity contribution is 0.102. The van der Waals surface area contributed by atoms with Crippen molar-refractivity contribution in [3.8, 4) is 0 Å². The van der Waals surface area contributed by atoms with Crippen molar-refractivity contribution in [2.24, 2.45) is 0 Å². The molecule has 0 bridgehead atoms. The SMILES string of the molecule is O=C(Nc1cc(F)c(Br)cc1F)c1ccc(F)cc1I. The number of carbonyl (C=O) groups excluding carboxylic acids is 1. The molecule has 2 aromatic carbocycles. The Hall–Kier alpha value is -1.09. The Morgan fingerprint density at radius 2 is 1.80 bits per heavy atom. The van der Waals surface area contributed by atoms with Gasteiger partial charge >= 0.3 is 0 Å². The largest absolute Gasteiger partial charge is 0.319 e. The van der Waals surface area contributed by atoms with E-state index >= 15 is 0 Å². The number of rotatable bonds is 2. The maximum Gasteiger partial charge on any atom is 0.256 e. The average molecular weight is 456 g/mol. The van der Waals surface area contributed by atoms with Gasteiger partial charge in [0.15, 0.2) is 0 Å². The zero-order valence-corrected chi connectivity index (χ0v) is 13.4. The van der Waals surface area contributed by atoms with Gasteiger partial charge in [-0.3, -0.25) is 4.79 Å². The number of anilines is 1. The van der Waals surface area contributed by atoms with Crippen LogP contribution in [0.5, 0.6) is 0 Å². The number of nitrogens with one attached hydrogen (secondary N) is 1. The van der Waals surface area contributed by atoms with Crippen molar-refractivity contribution in [1.82, 2.24) is 0 Å². The van der Waals surface area contributed by atoms with E-state index in [1.165, 1.54) is 12.1 Å². The quantitative estimate of drug-likeness (QED) is 0.515. The van der Waals surface area contributed by atoms with Crippen molar-refractivity contribution in [2.45, 2.75) is 0 Å². The highest BCUT2D eigenvalue weighted by Gasteiger charge is 2.15. The van der Waals surface area contributed by atoms with Crippen LogP contribution in [-0.2, 0) is 0 Å². The summed E-state index contributed by atoms with van der Waals surface area (Å²) in [6, 6.07) is 5.36. The second-order valence-electron chi connectivity index (χ2n) is 3.82. The molecule has 0 spiro atoms. The van der Waals surface area contributed by atoms with Crippen molar-refractivity contribution in [3.05, 3.63) is 61.4 Å². The smallest absolute Gasteiger partial charge is 0.256 e. The summed E-state index contributed by atoms with van der Waals surface area (Å²) in [6.07, 6.45) is 0. The first kappa shape index (κ1) is 15.3. The van der Waals surface area contributed by atoms with Crippen molar-refractivity contribution < 1.29 is 18.0 Å². The van der Waals surface area contributed by atoms with Crippen LogP contribution in [0.1, 0.15) is 10.4 Å². The molecule has 0 fully saturated rings. The average Bonchev–Trinajstić information content (AvgIpc) is 2.35. The molecule has 2 rings (SSSR count). The highest BCUT2D eigenvalue weighted by Crippen LogP contribution is 2.24.